The molecule has 2 heterocycles. The molecule has 1 aliphatic rings. The Kier molecular flexibility index (Phi) is 4.21. The summed E-state index contributed by atoms with van der Waals surface area (Å²) in [5, 5.41) is 4.75. The van der Waals surface area contributed by atoms with E-state index in [1.54, 1.807) is 6.92 Å². The molecule has 2 aromatic rings. The standard InChI is InChI=1S/C18H24N2O2/c1-12-4-5-18-15(8-12)9-16(22-18)10-19-17-6-7-20(14(3)21)11-13(17)2/h4-5,8-9,13,17,19H,6-7,10-11H2,1-3H3/t13-,17+/m0/s1. The number of aryl methyl sites for hydroxylation is 1. The lowest BCUT2D eigenvalue weighted by Gasteiger charge is -2.36. The van der Waals surface area contributed by atoms with Crippen LogP contribution in [0.2, 0.25) is 0 Å². The number of nitrogens with zero attached hydrogens (tertiary/aromatic N) is 1. The van der Waals surface area contributed by atoms with Crippen molar-refractivity contribution in [1.29, 1.82) is 0 Å². The van der Waals surface area contributed by atoms with Crippen LogP contribution in [0.3, 0.4) is 0 Å². The number of amides is 1. The second-order valence-electron chi connectivity index (χ2n) is 6.47. The van der Waals surface area contributed by atoms with Gasteiger partial charge in [0.25, 0.3) is 0 Å². The number of hydrogen-bond acceptors (Lipinski definition) is 3. The van der Waals surface area contributed by atoms with Crippen LogP contribution in [0.5, 0.6) is 0 Å². The second kappa shape index (κ2) is 6.13. The van der Waals surface area contributed by atoms with E-state index >= 15 is 0 Å². The van der Waals surface area contributed by atoms with E-state index in [0.717, 1.165) is 42.8 Å². The Morgan fingerprint density at radius 3 is 2.95 bits per heavy atom. The molecule has 2 atom stereocenters. The predicted molar refractivity (Wildman–Crippen MR) is 87.6 cm³/mol. The van der Waals surface area contributed by atoms with E-state index in [1.165, 1.54) is 5.56 Å². The highest BCUT2D eigenvalue weighted by atomic mass is 16.3. The van der Waals surface area contributed by atoms with Crippen LogP contribution in [0.4, 0.5) is 0 Å². The number of likely N-dealkylation sites (tertiary alicyclic amines) is 1. The number of fused-ring (bicyclic) bond motifs is 1. The summed E-state index contributed by atoms with van der Waals surface area (Å²) in [7, 11) is 0. The number of piperidine rings is 1. The van der Waals surface area contributed by atoms with Crippen molar-refractivity contribution in [2.75, 3.05) is 13.1 Å². The normalized spacial score (nSPS) is 22.2. The van der Waals surface area contributed by atoms with Gasteiger partial charge in [-0.15, -0.1) is 0 Å². The Morgan fingerprint density at radius 2 is 2.23 bits per heavy atom. The van der Waals surface area contributed by atoms with E-state index in [2.05, 4.69) is 37.4 Å². The molecule has 1 saturated heterocycles. The van der Waals surface area contributed by atoms with Crippen molar-refractivity contribution in [3.8, 4) is 0 Å². The number of hydrogen-bond donors (Lipinski definition) is 1. The van der Waals surface area contributed by atoms with Gasteiger partial charge in [0.05, 0.1) is 6.54 Å². The van der Waals surface area contributed by atoms with Crippen LogP contribution in [0.15, 0.2) is 28.7 Å². The summed E-state index contributed by atoms with van der Waals surface area (Å²) in [5.41, 5.74) is 2.19. The van der Waals surface area contributed by atoms with E-state index < -0.39 is 0 Å². The third-order valence-corrected chi connectivity index (χ3v) is 4.61. The molecule has 1 amide bonds. The van der Waals surface area contributed by atoms with Gasteiger partial charge in [-0.25, -0.2) is 0 Å². The first-order valence-electron chi connectivity index (χ1n) is 8.01. The minimum atomic E-state index is 0.179. The third kappa shape index (κ3) is 3.17. The molecule has 118 valence electrons. The topological polar surface area (TPSA) is 45.5 Å². The zero-order valence-corrected chi connectivity index (χ0v) is 13.6. The molecule has 1 aromatic heterocycles. The maximum atomic E-state index is 11.4. The highest BCUT2D eigenvalue weighted by Crippen LogP contribution is 2.22. The molecule has 1 aromatic carbocycles. The largest absolute Gasteiger partial charge is 0.460 e. The second-order valence-corrected chi connectivity index (χ2v) is 6.47. The van der Waals surface area contributed by atoms with Crippen molar-refractivity contribution in [3.63, 3.8) is 0 Å². The predicted octanol–water partition coefficient (Wildman–Crippen LogP) is 3.09. The van der Waals surface area contributed by atoms with Gasteiger partial charge >= 0.3 is 0 Å². The number of carbonyl (C=O) groups is 1. The lowest BCUT2D eigenvalue weighted by molar-refractivity contribution is -0.130. The Hall–Kier alpha value is -1.81. The summed E-state index contributed by atoms with van der Waals surface area (Å²) >= 11 is 0. The first-order chi connectivity index (χ1) is 10.5. The van der Waals surface area contributed by atoms with Crippen LogP contribution in [-0.2, 0) is 11.3 Å². The lowest BCUT2D eigenvalue weighted by Crippen LogP contribution is -2.49. The maximum absolute atomic E-state index is 11.4. The summed E-state index contributed by atoms with van der Waals surface area (Å²) in [5.74, 6) is 1.61. The maximum Gasteiger partial charge on any atom is 0.219 e. The van der Waals surface area contributed by atoms with Gasteiger partial charge in [-0.3, -0.25) is 4.79 Å². The molecule has 0 spiro atoms. The summed E-state index contributed by atoms with van der Waals surface area (Å²) in [6.45, 7) is 8.37. The number of nitrogens with one attached hydrogen (secondary N) is 1. The molecule has 1 N–H and O–H groups in total. The van der Waals surface area contributed by atoms with Crippen molar-refractivity contribution in [1.82, 2.24) is 10.2 Å². The number of benzene rings is 1. The van der Waals surface area contributed by atoms with E-state index in [9.17, 15) is 4.79 Å². The smallest absolute Gasteiger partial charge is 0.219 e. The first kappa shape index (κ1) is 15.1. The average Bonchev–Trinajstić information content (AvgIpc) is 2.87. The molecule has 0 bridgehead atoms. The lowest BCUT2D eigenvalue weighted by atomic mass is 9.94. The summed E-state index contributed by atoms with van der Waals surface area (Å²) < 4.78 is 5.88. The van der Waals surface area contributed by atoms with Gasteiger partial charge < -0.3 is 14.6 Å². The molecule has 3 rings (SSSR count). The van der Waals surface area contributed by atoms with Crippen molar-refractivity contribution < 1.29 is 9.21 Å². The van der Waals surface area contributed by atoms with E-state index in [0.29, 0.717) is 12.0 Å². The van der Waals surface area contributed by atoms with Gasteiger partial charge in [-0.2, -0.15) is 0 Å². The van der Waals surface area contributed by atoms with Gasteiger partial charge in [-0.1, -0.05) is 18.6 Å². The molecule has 1 fully saturated rings. The monoisotopic (exact) mass is 300 g/mol. The molecular weight excluding hydrogens is 276 g/mol. The van der Waals surface area contributed by atoms with Crippen molar-refractivity contribution in [3.05, 3.63) is 35.6 Å². The van der Waals surface area contributed by atoms with Crippen molar-refractivity contribution in [2.24, 2.45) is 5.92 Å². The van der Waals surface area contributed by atoms with Crippen molar-refractivity contribution >= 4 is 16.9 Å². The summed E-state index contributed by atoms with van der Waals surface area (Å²) in [6.07, 6.45) is 1.00. The Morgan fingerprint density at radius 1 is 1.41 bits per heavy atom. The quantitative estimate of drug-likeness (QED) is 0.947. The van der Waals surface area contributed by atoms with E-state index in [-0.39, 0.29) is 5.91 Å². The first-order valence-corrected chi connectivity index (χ1v) is 8.01. The van der Waals surface area contributed by atoms with E-state index in [4.69, 9.17) is 4.42 Å². The Bertz CT molecular complexity index is 677. The summed E-state index contributed by atoms with van der Waals surface area (Å²) in [6, 6.07) is 8.80. The molecule has 4 heteroatoms. The molecule has 1 aliphatic heterocycles. The summed E-state index contributed by atoms with van der Waals surface area (Å²) in [4.78, 5) is 13.4. The molecule has 0 unspecified atom stereocenters. The van der Waals surface area contributed by atoms with Gasteiger partial charge in [0, 0.05) is 31.4 Å². The fraction of sp³-hybridized carbons (Fsp3) is 0.500. The number of carbonyl (C=O) groups excluding carboxylic acids is 1. The van der Waals surface area contributed by atoms with Crippen LogP contribution >= 0.6 is 0 Å². The fourth-order valence-electron chi connectivity index (χ4n) is 3.27. The SMILES string of the molecule is CC(=O)N1CC[C@@H](NCc2cc3cc(C)ccc3o2)[C@@H](C)C1. The van der Waals surface area contributed by atoms with Crippen LogP contribution in [-0.4, -0.2) is 29.9 Å². The Labute approximate surface area is 131 Å². The zero-order chi connectivity index (χ0) is 15.7. The van der Waals surface area contributed by atoms with Gasteiger partial charge in [-0.05, 0) is 37.5 Å². The van der Waals surface area contributed by atoms with Crippen molar-refractivity contribution in [2.45, 2.75) is 39.8 Å². The zero-order valence-electron chi connectivity index (χ0n) is 13.6. The molecular formula is C18H24N2O2. The minimum absolute atomic E-state index is 0.179. The van der Waals surface area contributed by atoms with Crippen LogP contribution in [0.25, 0.3) is 11.0 Å². The third-order valence-electron chi connectivity index (χ3n) is 4.61. The van der Waals surface area contributed by atoms with Gasteiger partial charge in [0.15, 0.2) is 0 Å². The number of rotatable bonds is 3. The highest BCUT2D eigenvalue weighted by Gasteiger charge is 2.26. The average molecular weight is 300 g/mol. The van der Waals surface area contributed by atoms with Crippen LogP contribution in [0.1, 0.15) is 31.6 Å². The van der Waals surface area contributed by atoms with Crippen LogP contribution in [0, 0.1) is 12.8 Å². The number of furan rings is 1. The van der Waals surface area contributed by atoms with Crippen LogP contribution < -0.4 is 5.32 Å². The van der Waals surface area contributed by atoms with E-state index in [1.807, 2.05) is 11.0 Å². The molecule has 0 saturated carbocycles. The fourth-order valence-corrected chi connectivity index (χ4v) is 3.27. The van der Waals surface area contributed by atoms with Gasteiger partial charge in [0.1, 0.15) is 11.3 Å². The molecule has 0 radical (unpaired) electrons. The molecule has 0 aliphatic carbocycles. The molecule has 4 nitrogen and oxygen atoms in total. The highest BCUT2D eigenvalue weighted by molar-refractivity contribution is 5.78. The minimum Gasteiger partial charge on any atom is -0.460 e. The molecule has 22 heavy (non-hydrogen) atoms. The Balaban J connectivity index is 1.61. The van der Waals surface area contributed by atoms with Gasteiger partial charge in [0.2, 0.25) is 5.91 Å².